The second-order valence-electron chi connectivity index (χ2n) is 8.05. The lowest BCUT2D eigenvalue weighted by Gasteiger charge is -2.34. The molecule has 0 bridgehead atoms. The Kier molecular flexibility index (Phi) is 7.62. The average molecular weight is 492 g/mol. The number of halogens is 1. The number of pyridine rings is 1. The minimum Gasteiger partial charge on any atom is -0.357 e. The van der Waals surface area contributed by atoms with Crippen LogP contribution in [0.2, 0.25) is 0 Å². The van der Waals surface area contributed by atoms with Crippen molar-refractivity contribution in [1.82, 2.24) is 20.1 Å². The molecular weight excluding hydrogens is 462 g/mol. The number of carbonyl (C=O) groups excluding carboxylic acids is 1. The highest BCUT2D eigenvalue weighted by Gasteiger charge is 2.21. The number of thiophene rings is 1. The van der Waals surface area contributed by atoms with Crippen LogP contribution in [0.1, 0.15) is 36.1 Å². The quantitative estimate of drug-likeness (QED) is 0.676. The molecular formula is C22H30BrN5OS. The Balaban J connectivity index is 1.20. The second kappa shape index (κ2) is 10.6. The third kappa shape index (κ3) is 5.95. The predicted molar refractivity (Wildman–Crippen MR) is 126 cm³/mol. The summed E-state index contributed by atoms with van der Waals surface area (Å²) >= 11 is 5.30. The fraction of sp³-hybridized carbons (Fsp3) is 0.545. The van der Waals surface area contributed by atoms with Crippen LogP contribution in [-0.2, 0) is 13.1 Å². The maximum Gasteiger partial charge on any atom is 0.317 e. The van der Waals surface area contributed by atoms with E-state index in [2.05, 4.69) is 60.3 Å². The van der Waals surface area contributed by atoms with Crippen molar-refractivity contribution >= 4 is 39.1 Å². The first-order chi connectivity index (χ1) is 14.7. The van der Waals surface area contributed by atoms with Gasteiger partial charge in [0.2, 0.25) is 0 Å². The summed E-state index contributed by atoms with van der Waals surface area (Å²) in [4.78, 5) is 25.3. The lowest BCUT2D eigenvalue weighted by Crippen LogP contribution is -2.51. The van der Waals surface area contributed by atoms with Gasteiger partial charge in [0.15, 0.2) is 0 Å². The predicted octanol–water partition coefficient (Wildman–Crippen LogP) is 4.31. The van der Waals surface area contributed by atoms with Crippen LogP contribution in [0.5, 0.6) is 0 Å². The smallest absolute Gasteiger partial charge is 0.317 e. The fourth-order valence-electron chi connectivity index (χ4n) is 4.06. The highest BCUT2D eigenvalue weighted by molar-refractivity contribution is 9.11. The third-order valence-corrected chi connectivity index (χ3v) is 7.46. The Bertz CT molecular complexity index is 811. The van der Waals surface area contributed by atoms with Crippen molar-refractivity contribution in [3.8, 4) is 0 Å². The lowest BCUT2D eigenvalue weighted by molar-refractivity contribution is 0.135. The minimum atomic E-state index is 0.0186. The number of aromatic nitrogens is 1. The van der Waals surface area contributed by atoms with Gasteiger partial charge in [0, 0.05) is 63.4 Å². The van der Waals surface area contributed by atoms with E-state index in [0.29, 0.717) is 6.54 Å². The molecule has 2 amide bonds. The first-order valence-corrected chi connectivity index (χ1v) is 12.5. The third-order valence-electron chi connectivity index (χ3n) is 5.85. The molecule has 4 heterocycles. The number of rotatable bonds is 5. The molecule has 0 radical (unpaired) electrons. The maximum absolute atomic E-state index is 12.6. The van der Waals surface area contributed by atoms with E-state index in [0.717, 1.165) is 57.2 Å². The molecule has 2 saturated heterocycles. The average Bonchev–Trinajstić information content (AvgIpc) is 3.01. The van der Waals surface area contributed by atoms with E-state index in [9.17, 15) is 4.79 Å². The first-order valence-electron chi connectivity index (χ1n) is 10.9. The molecule has 4 rings (SSSR count). The van der Waals surface area contributed by atoms with Gasteiger partial charge in [-0.25, -0.2) is 9.78 Å². The first kappa shape index (κ1) is 21.6. The number of hydrogen-bond acceptors (Lipinski definition) is 5. The number of nitrogens with one attached hydrogen (secondary N) is 1. The van der Waals surface area contributed by atoms with Gasteiger partial charge in [-0.2, -0.15) is 0 Å². The number of nitrogens with zero attached hydrogens (tertiary/aromatic N) is 4. The summed E-state index contributed by atoms with van der Waals surface area (Å²) in [6, 6.07) is 8.46. The minimum absolute atomic E-state index is 0.0186. The Morgan fingerprint density at radius 1 is 1.00 bits per heavy atom. The van der Waals surface area contributed by atoms with E-state index in [1.807, 2.05) is 11.1 Å². The molecule has 30 heavy (non-hydrogen) atoms. The van der Waals surface area contributed by atoms with Gasteiger partial charge in [-0.1, -0.05) is 18.9 Å². The standard InChI is InChI=1S/C22H30BrN5OS/c23-20-7-6-19(30-20)17-26-11-13-28(14-12-26)22(29)25-16-18-5-8-21(24-15-18)27-9-3-1-2-4-10-27/h5-8,15H,1-4,9-14,16-17H2,(H,25,29). The van der Waals surface area contributed by atoms with Gasteiger partial charge in [0.25, 0.3) is 0 Å². The summed E-state index contributed by atoms with van der Waals surface area (Å²) in [5, 5.41) is 3.06. The Morgan fingerprint density at radius 2 is 1.77 bits per heavy atom. The molecule has 8 heteroatoms. The SMILES string of the molecule is O=C(NCc1ccc(N2CCCCCC2)nc1)N1CCN(Cc2ccc(Br)s2)CC1. The Hall–Kier alpha value is -1.64. The van der Waals surface area contributed by atoms with Gasteiger partial charge in [0.05, 0.1) is 3.79 Å². The monoisotopic (exact) mass is 491 g/mol. The molecule has 2 aliphatic heterocycles. The van der Waals surface area contributed by atoms with Crippen LogP contribution < -0.4 is 10.2 Å². The van der Waals surface area contributed by atoms with E-state index >= 15 is 0 Å². The van der Waals surface area contributed by atoms with Crippen LogP contribution in [0.4, 0.5) is 10.6 Å². The largest absolute Gasteiger partial charge is 0.357 e. The summed E-state index contributed by atoms with van der Waals surface area (Å²) in [6.45, 7) is 7.03. The summed E-state index contributed by atoms with van der Waals surface area (Å²) in [6.07, 6.45) is 7.04. The molecule has 0 saturated carbocycles. The summed E-state index contributed by atoms with van der Waals surface area (Å²) in [7, 11) is 0. The summed E-state index contributed by atoms with van der Waals surface area (Å²) in [5.74, 6) is 1.06. The van der Waals surface area contributed by atoms with E-state index < -0.39 is 0 Å². The molecule has 0 unspecified atom stereocenters. The van der Waals surface area contributed by atoms with Gasteiger partial charge in [-0.15, -0.1) is 11.3 Å². The summed E-state index contributed by atoms with van der Waals surface area (Å²) < 4.78 is 1.17. The van der Waals surface area contributed by atoms with Crippen molar-refractivity contribution in [3.05, 3.63) is 44.7 Å². The number of urea groups is 1. The molecule has 2 aromatic rings. The zero-order chi connectivity index (χ0) is 20.8. The van der Waals surface area contributed by atoms with E-state index in [1.165, 1.54) is 34.3 Å². The van der Waals surface area contributed by atoms with Gasteiger partial charge in [0.1, 0.15) is 5.82 Å². The van der Waals surface area contributed by atoms with Crippen molar-refractivity contribution in [3.63, 3.8) is 0 Å². The van der Waals surface area contributed by atoms with Gasteiger partial charge in [-0.05, 0) is 52.5 Å². The van der Waals surface area contributed by atoms with E-state index in [4.69, 9.17) is 0 Å². The van der Waals surface area contributed by atoms with Crippen LogP contribution in [0.25, 0.3) is 0 Å². The lowest BCUT2D eigenvalue weighted by atomic mass is 10.2. The normalized spacial score (nSPS) is 18.3. The van der Waals surface area contributed by atoms with Crippen LogP contribution in [-0.4, -0.2) is 60.1 Å². The van der Waals surface area contributed by atoms with Crippen LogP contribution in [0, 0.1) is 0 Å². The van der Waals surface area contributed by atoms with Crippen LogP contribution >= 0.6 is 27.3 Å². The molecule has 6 nitrogen and oxygen atoms in total. The molecule has 162 valence electrons. The van der Waals surface area contributed by atoms with Gasteiger partial charge < -0.3 is 15.1 Å². The van der Waals surface area contributed by atoms with Crippen molar-refractivity contribution in [2.24, 2.45) is 0 Å². The van der Waals surface area contributed by atoms with E-state index in [-0.39, 0.29) is 6.03 Å². The Labute approximate surface area is 191 Å². The zero-order valence-electron chi connectivity index (χ0n) is 17.4. The molecule has 0 aliphatic carbocycles. The molecule has 0 atom stereocenters. The number of carbonyl (C=O) groups is 1. The van der Waals surface area contributed by atoms with Gasteiger partial charge in [-0.3, -0.25) is 4.90 Å². The van der Waals surface area contributed by atoms with Crippen LogP contribution in [0.3, 0.4) is 0 Å². The molecule has 2 fully saturated rings. The molecule has 0 aromatic carbocycles. The highest BCUT2D eigenvalue weighted by atomic mass is 79.9. The van der Waals surface area contributed by atoms with Crippen molar-refractivity contribution in [2.75, 3.05) is 44.2 Å². The number of hydrogen-bond donors (Lipinski definition) is 1. The number of amides is 2. The number of piperazine rings is 1. The van der Waals surface area contributed by atoms with Crippen molar-refractivity contribution in [2.45, 2.75) is 38.8 Å². The fourth-order valence-corrected chi connectivity index (χ4v) is 5.59. The second-order valence-corrected chi connectivity index (χ2v) is 10.6. The summed E-state index contributed by atoms with van der Waals surface area (Å²) in [5.41, 5.74) is 1.05. The van der Waals surface area contributed by atoms with Gasteiger partial charge >= 0.3 is 6.03 Å². The molecule has 0 spiro atoms. The van der Waals surface area contributed by atoms with Crippen molar-refractivity contribution in [1.29, 1.82) is 0 Å². The topological polar surface area (TPSA) is 51.7 Å². The Morgan fingerprint density at radius 3 is 2.40 bits per heavy atom. The molecule has 2 aromatic heterocycles. The highest BCUT2D eigenvalue weighted by Crippen LogP contribution is 2.23. The zero-order valence-corrected chi connectivity index (χ0v) is 19.8. The number of anilines is 1. The molecule has 1 N–H and O–H groups in total. The molecule has 2 aliphatic rings. The van der Waals surface area contributed by atoms with Crippen molar-refractivity contribution < 1.29 is 4.79 Å². The van der Waals surface area contributed by atoms with E-state index in [1.54, 1.807) is 11.3 Å². The maximum atomic E-state index is 12.6. The van der Waals surface area contributed by atoms with Crippen LogP contribution in [0.15, 0.2) is 34.2 Å².